The van der Waals surface area contributed by atoms with Gasteiger partial charge in [0.25, 0.3) is 0 Å². The van der Waals surface area contributed by atoms with Gasteiger partial charge in [-0.25, -0.2) is 0 Å². The van der Waals surface area contributed by atoms with Crippen LogP contribution < -0.4 is 4.74 Å². The normalized spacial score (nSPS) is 11.8. The fourth-order valence-electron chi connectivity index (χ4n) is 2.02. The van der Waals surface area contributed by atoms with Gasteiger partial charge in [-0.15, -0.1) is 0 Å². The minimum Gasteiger partial charge on any atom is -0.488 e. The molecule has 0 saturated heterocycles. The van der Waals surface area contributed by atoms with E-state index in [4.69, 9.17) is 21.6 Å². The molecule has 0 aromatic heterocycles. The molecule has 0 aliphatic rings. The van der Waals surface area contributed by atoms with Gasteiger partial charge in [0.05, 0.1) is 17.7 Å². The first-order valence-corrected chi connectivity index (χ1v) is 6.99. The molecule has 0 radical (unpaired) electrons. The van der Waals surface area contributed by atoms with E-state index in [0.717, 1.165) is 16.7 Å². The maximum atomic E-state index is 9.81. The number of ether oxygens (including phenoxy) is 1. The summed E-state index contributed by atoms with van der Waals surface area (Å²) >= 11 is 6.12. The molecule has 0 aliphatic heterocycles. The van der Waals surface area contributed by atoms with Crippen LogP contribution in [0.15, 0.2) is 36.4 Å². The number of aryl methyl sites for hydroxylation is 1. The van der Waals surface area contributed by atoms with Gasteiger partial charge in [-0.3, -0.25) is 0 Å². The Morgan fingerprint density at radius 1 is 1.29 bits per heavy atom. The van der Waals surface area contributed by atoms with Crippen molar-refractivity contribution >= 4 is 11.6 Å². The zero-order valence-corrected chi connectivity index (χ0v) is 12.7. The number of aliphatic hydroxyl groups is 1. The maximum absolute atomic E-state index is 9.81. The maximum Gasteiger partial charge on any atom is 0.125 e. The minimum absolute atomic E-state index is 0.285. The fourth-order valence-corrected chi connectivity index (χ4v) is 2.25. The number of hydrogen-bond acceptors (Lipinski definition) is 3. The highest BCUT2D eigenvalue weighted by molar-refractivity contribution is 6.31. The molecule has 1 atom stereocenters. The Morgan fingerprint density at radius 3 is 2.67 bits per heavy atom. The molecule has 0 heterocycles. The van der Waals surface area contributed by atoms with E-state index in [1.54, 1.807) is 25.1 Å². The highest BCUT2D eigenvalue weighted by Gasteiger charge is 2.10. The second kappa shape index (κ2) is 6.62. The van der Waals surface area contributed by atoms with E-state index < -0.39 is 6.10 Å². The third-order valence-electron chi connectivity index (χ3n) is 3.18. The van der Waals surface area contributed by atoms with E-state index in [-0.39, 0.29) is 6.61 Å². The number of hydrogen-bond donors (Lipinski definition) is 1. The summed E-state index contributed by atoms with van der Waals surface area (Å²) in [6, 6.07) is 12.8. The highest BCUT2D eigenvalue weighted by atomic mass is 35.5. The molecule has 0 amide bonds. The van der Waals surface area contributed by atoms with Crippen molar-refractivity contribution in [3.63, 3.8) is 0 Å². The van der Waals surface area contributed by atoms with E-state index >= 15 is 0 Å². The number of benzene rings is 2. The smallest absolute Gasteiger partial charge is 0.125 e. The predicted octanol–water partition coefficient (Wildman–Crippen LogP) is 4.15. The molecule has 0 saturated carbocycles. The van der Waals surface area contributed by atoms with Gasteiger partial charge in [-0.05, 0) is 38.1 Å². The van der Waals surface area contributed by atoms with Crippen molar-refractivity contribution in [2.24, 2.45) is 0 Å². The minimum atomic E-state index is -0.601. The molecule has 2 rings (SSSR count). The molecule has 21 heavy (non-hydrogen) atoms. The lowest BCUT2D eigenvalue weighted by Crippen LogP contribution is -2.02. The summed E-state index contributed by atoms with van der Waals surface area (Å²) in [5.74, 6) is 0.635. The summed E-state index contributed by atoms with van der Waals surface area (Å²) in [6.07, 6.45) is -0.601. The van der Waals surface area contributed by atoms with Crippen LogP contribution in [0, 0.1) is 18.3 Å². The van der Waals surface area contributed by atoms with E-state index in [1.165, 1.54) is 0 Å². The Morgan fingerprint density at radius 2 is 2.05 bits per heavy atom. The Labute approximate surface area is 129 Å². The molecule has 4 heteroatoms. The summed E-state index contributed by atoms with van der Waals surface area (Å²) < 4.78 is 5.77. The predicted molar refractivity (Wildman–Crippen MR) is 82.3 cm³/mol. The third-order valence-corrected chi connectivity index (χ3v) is 3.53. The summed E-state index contributed by atoms with van der Waals surface area (Å²) in [6.45, 7) is 3.96. The molecular weight excluding hydrogens is 286 g/mol. The van der Waals surface area contributed by atoms with Crippen LogP contribution >= 0.6 is 11.6 Å². The van der Waals surface area contributed by atoms with Gasteiger partial charge in [-0.1, -0.05) is 29.3 Å². The molecular formula is C17H16ClNO2. The quantitative estimate of drug-likeness (QED) is 0.923. The number of aliphatic hydroxyl groups excluding tert-OH is 1. The zero-order valence-electron chi connectivity index (χ0n) is 11.9. The monoisotopic (exact) mass is 301 g/mol. The Balaban J connectivity index is 2.19. The first-order valence-electron chi connectivity index (χ1n) is 6.61. The molecule has 0 aliphatic carbocycles. The van der Waals surface area contributed by atoms with Crippen molar-refractivity contribution < 1.29 is 9.84 Å². The Hall–Kier alpha value is -2.02. The lowest BCUT2D eigenvalue weighted by molar-refractivity contribution is 0.190. The number of halogens is 1. The number of nitriles is 1. The van der Waals surface area contributed by atoms with Crippen molar-refractivity contribution in [2.45, 2.75) is 26.6 Å². The molecule has 0 unspecified atom stereocenters. The highest BCUT2D eigenvalue weighted by Crippen LogP contribution is 2.28. The summed E-state index contributed by atoms with van der Waals surface area (Å²) in [7, 11) is 0. The van der Waals surface area contributed by atoms with Crippen LogP contribution in [0.4, 0.5) is 0 Å². The molecule has 2 aromatic rings. The average molecular weight is 302 g/mol. The summed E-state index contributed by atoms with van der Waals surface area (Å²) in [4.78, 5) is 0. The van der Waals surface area contributed by atoms with Gasteiger partial charge in [-0.2, -0.15) is 5.26 Å². The van der Waals surface area contributed by atoms with Crippen LogP contribution in [-0.4, -0.2) is 5.11 Å². The van der Waals surface area contributed by atoms with Gasteiger partial charge in [0.15, 0.2) is 0 Å². The van der Waals surface area contributed by atoms with Crippen LogP contribution in [0.5, 0.6) is 5.75 Å². The van der Waals surface area contributed by atoms with E-state index in [9.17, 15) is 5.11 Å². The molecule has 2 aromatic carbocycles. The van der Waals surface area contributed by atoms with Crippen LogP contribution in [0.3, 0.4) is 0 Å². The van der Waals surface area contributed by atoms with Crippen LogP contribution in [0.2, 0.25) is 5.02 Å². The molecule has 108 valence electrons. The topological polar surface area (TPSA) is 53.2 Å². The van der Waals surface area contributed by atoms with E-state index in [1.807, 2.05) is 31.2 Å². The van der Waals surface area contributed by atoms with Crippen molar-refractivity contribution in [1.82, 2.24) is 0 Å². The van der Waals surface area contributed by atoms with E-state index in [2.05, 4.69) is 0 Å². The molecule has 3 nitrogen and oxygen atoms in total. The average Bonchev–Trinajstić information content (AvgIpc) is 2.46. The zero-order chi connectivity index (χ0) is 15.4. The Bertz CT molecular complexity index is 690. The largest absolute Gasteiger partial charge is 0.488 e. The molecule has 0 spiro atoms. The third kappa shape index (κ3) is 3.75. The van der Waals surface area contributed by atoms with Gasteiger partial charge in [0, 0.05) is 16.1 Å². The van der Waals surface area contributed by atoms with Crippen molar-refractivity contribution in [2.75, 3.05) is 0 Å². The number of nitrogens with zero attached hydrogens (tertiary/aromatic N) is 1. The fraction of sp³-hybridized carbons (Fsp3) is 0.235. The van der Waals surface area contributed by atoms with Crippen LogP contribution in [0.25, 0.3) is 0 Å². The lowest BCUT2D eigenvalue weighted by Gasteiger charge is -2.15. The van der Waals surface area contributed by atoms with Crippen LogP contribution in [0.1, 0.15) is 35.3 Å². The summed E-state index contributed by atoms with van der Waals surface area (Å²) in [5.41, 5.74) is 3.13. The molecule has 1 N–H and O–H groups in total. The van der Waals surface area contributed by atoms with Gasteiger partial charge in [0.2, 0.25) is 0 Å². The van der Waals surface area contributed by atoms with Crippen LogP contribution in [-0.2, 0) is 6.61 Å². The van der Waals surface area contributed by atoms with Gasteiger partial charge >= 0.3 is 0 Å². The van der Waals surface area contributed by atoms with Crippen molar-refractivity contribution in [3.8, 4) is 11.8 Å². The lowest BCUT2D eigenvalue weighted by atomic mass is 10.1. The first-order chi connectivity index (χ1) is 10.0. The SMILES string of the molecule is Cc1ccc(OCc2ccc(C#N)cc2Cl)c([C@H](C)O)c1. The second-order valence-electron chi connectivity index (χ2n) is 4.92. The van der Waals surface area contributed by atoms with Crippen molar-refractivity contribution in [1.29, 1.82) is 5.26 Å². The Kier molecular flexibility index (Phi) is 4.85. The van der Waals surface area contributed by atoms with Gasteiger partial charge < -0.3 is 9.84 Å². The molecule has 0 bridgehead atoms. The second-order valence-corrected chi connectivity index (χ2v) is 5.33. The van der Waals surface area contributed by atoms with Crippen molar-refractivity contribution in [3.05, 3.63) is 63.7 Å². The molecule has 0 fully saturated rings. The summed E-state index contributed by atoms with van der Waals surface area (Å²) in [5, 5.41) is 19.1. The standard InChI is InChI=1S/C17H16ClNO2/c1-11-3-6-17(15(7-11)12(2)20)21-10-14-5-4-13(9-19)8-16(14)18/h3-8,12,20H,10H2,1-2H3/t12-/m0/s1. The number of rotatable bonds is 4. The van der Waals surface area contributed by atoms with E-state index in [0.29, 0.717) is 16.3 Å². The van der Waals surface area contributed by atoms with Gasteiger partial charge in [0.1, 0.15) is 12.4 Å². The first kappa shape index (κ1) is 15.4.